The highest BCUT2D eigenvalue weighted by Crippen LogP contribution is 2.49. The van der Waals surface area contributed by atoms with Crippen molar-refractivity contribution in [2.75, 3.05) is 19.0 Å². The molecule has 0 amide bonds. The highest BCUT2D eigenvalue weighted by atomic mass is 16.5. The largest absolute Gasteiger partial charge is 0.508 e. The number of carbonyl (C=O) groups is 2. The third kappa shape index (κ3) is 5.87. The van der Waals surface area contributed by atoms with E-state index in [9.17, 15) is 14.7 Å². The van der Waals surface area contributed by atoms with Gasteiger partial charge in [-0.2, -0.15) is 0 Å². The Hall–Kier alpha value is -4.62. The molecule has 4 aromatic rings. The minimum absolute atomic E-state index is 0.150. The zero-order valence-corrected chi connectivity index (χ0v) is 24.2. The maximum absolute atomic E-state index is 13.6. The van der Waals surface area contributed by atoms with E-state index in [-0.39, 0.29) is 18.8 Å². The van der Waals surface area contributed by atoms with Crippen LogP contribution in [0, 0.1) is 0 Å². The van der Waals surface area contributed by atoms with Gasteiger partial charge in [0.1, 0.15) is 17.3 Å². The Morgan fingerprint density at radius 1 is 0.833 bits per heavy atom. The Bertz CT molecular complexity index is 1440. The maximum atomic E-state index is 13.6. The topological polar surface area (TPSA) is 111 Å². The first-order valence-corrected chi connectivity index (χ1v) is 14.1. The van der Waals surface area contributed by atoms with Crippen LogP contribution in [0.1, 0.15) is 42.5 Å². The molecule has 4 rings (SSSR count). The van der Waals surface area contributed by atoms with Gasteiger partial charge in [0.15, 0.2) is 0 Å². The molecule has 0 fully saturated rings. The number of hydrogen-bond acceptors (Lipinski definition) is 7. The normalized spacial score (nSPS) is 13.4. The summed E-state index contributed by atoms with van der Waals surface area (Å²) in [5.41, 5.74) is 8.48. The number of hydrogen-bond donors (Lipinski definition) is 3. The summed E-state index contributed by atoms with van der Waals surface area (Å²) in [6.45, 7) is 3.89. The Morgan fingerprint density at radius 3 is 1.93 bits per heavy atom. The SMILES string of the molecule is CCOC(=O)[C@H](Cc1ccc(O)cc1)Nc1cccc(C(c2ccccc2)(c2ccccc2)C(N)(CC)C(=O)OC)c1. The Labute approximate surface area is 247 Å². The molecule has 0 saturated carbocycles. The number of esters is 2. The Morgan fingerprint density at radius 2 is 1.40 bits per heavy atom. The summed E-state index contributed by atoms with van der Waals surface area (Å²) in [5, 5.41) is 13.1. The highest BCUT2D eigenvalue weighted by Gasteiger charge is 2.57. The number of aromatic hydroxyl groups is 1. The molecule has 4 aromatic carbocycles. The van der Waals surface area contributed by atoms with Crippen LogP contribution < -0.4 is 11.1 Å². The second-order valence-electron chi connectivity index (χ2n) is 10.2. The fourth-order valence-corrected chi connectivity index (χ4v) is 5.74. The molecular weight excluding hydrogens is 528 g/mol. The van der Waals surface area contributed by atoms with E-state index in [1.54, 1.807) is 31.2 Å². The van der Waals surface area contributed by atoms with Crippen molar-refractivity contribution in [2.24, 2.45) is 5.73 Å². The van der Waals surface area contributed by atoms with Gasteiger partial charge in [0, 0.05) is 12.1 Å². The van der Waals surface area contributed by atoms with Gasteiger partial charge in [-0.25, -0.2) is 4.79 Å². The van der Waals surface area contributed by atoms with Crippen molar-refractivity contribution in [3.63, 3.8) is 0 Å². The first kappa shape index (κ1) is 30.3. The predicted molar refractivity (Wildman–Crippen MR) is 164 cm³/mol. The molecule has 0 radical (unpaired) electrons. The summed E-state index contributed by atoms with van der Waals surface area (Å²) in [6.07, 6.45) is 0.622. The zero-order chi connectivity index (χ0) is 30.2. The van der Waals surface area contributed by atoms with Crippen LogP contribution in [0.25, 0.3) is 0 Å². The van der Waals surface area contributed by atoms with E-state index in [0.29, 0.717) is 12.1 Å². The van der Waals surface area contributed by atoms with Crippen molar-refractivity contribution >= 4 is 17.6 Å². The summed E-state index contributed by atoms with van der Waals surface area (Å²) < 4.78 is 10.7. The molecule has 4 N–H and O–H groups in total. The van der Waals surface area contributed by atoms with E-state index in [4.69, 9.17) is 15.2 Å². The quantitative estimate of drug-likeness (QED) is 0.151. The first-order chi connectivity index (χ1) is 20.3. The molecule has 0 aliphatic carbocycles. The Kier molecular flexibility index (Phi) is 9.65. The van der Waals surface area contributed by atoms with Crippen LogP contribution in [0.4, 0.5) is 5.69 Å². The Balaban J connectivity index is 1.91. The van der Waals surface area contributed by atoms with Crippen LogP contribution in [0.5, 0.6) is 5.75 Å². The summed E-state index contributed by atoms with van der Waals surface area (Å²) in [6, 6.07) is 33.1. The van der Waals surface area contributed by atoms with Crippen LogP contribution in [0.15, 0.2) is 109 Å². The van der Waals surface area contributed by atoms with Gasteiger partial charge < -0.3 is 25.6 Å². The number of rotatable bonds is 12. The minimum atomic E-state index is -1.49. The summed E-state index contributed by atoms with van der Waals surface area (Å²) in [7, 11) is 1.35. The lowest BCUT2D eigenvalue weighted by atomic mass is 9.57. The molecule has 0 spiro atoms. The number of ether oxygens (including phenoxy) is 2. The summed E-state index contributed by atoms with van der Waals surface area (Å²) in [5.74, 6) is -0.783. The van der Waals surface area contributed by atoms with Crippen LogP contribution in [-0.2, 0) is 30.9 Å². The van der Waals surface area contributed by atoms with E-state index in [1.165, 1.54) is 7.11 Å². The molecule has 42 heavy (non-hydrogen) atoms. The number of benzene rings is 4. The van der Waals surface area contributed by atoms with Gasteiger partial charge in [-0.1, -0.05) is 91.9 Å². The van der Waals surface area contributed by atoms with Crippen molar-refractivity contribution in [1.82, 2.24) is 0 Å². The van der Waals surface area contributed by atoms with Crippen LogP contribution in [0.2, 0.25) is 0 Å². The molecule has 0 saturated heterocycles. The summed E-state index contributed by atoms with van der Waals surface area (Å²) in [4.78, 5) is 26.7. The number of anilines is 1. The van der Waals surface area contributed by atoms with Crippen molar-refractivity contribution in [3.05, 3.63) is 131 Å². The van der Waals surface area contributed by atoms with Crippen molar-refractivity contribution < 1.29 is 24.2 Å². The van der Waals surface area contributed by atoms with Gasteiger partial charge in [-0.3, -0.25) is 4.79 Å². The molecule has 0 bridgehead atoms. The number of carbonyl (C=O) groups excluding carboxylic acids is 2. The monoisotopic (exact) mass is 566 g/mol. The number of methoxy groups -OCH3 is 1. The molecule has 0 aromatic heterocycles. The van der Waals surface area contributed by atoms with Gasteiger partial charge in [0.2, 0.25) is 0 Å². The second-order valence-corrected chi connectivity index (χ2v) is 10.2. The van der Waals surface area contributed by atoms with Crippen molar-refractivity contribution in [2.45, 2.75) is 43.7 Å². The molecule has 0 aliphatic heterocycles. The van der Waals surface area contributed by atoms with E-state index in [0.717, 1.165) is 22.3 Å². The van der Waals surface area contributed by atoms with Gasteiger partial charge in [-0.05, 0) is 59.9 Å². The fourth-order valence-electron chi connectivity index (χ4n) is 5.74. The maximum Gasteiger partial charge on any atom is 0.328 e. The first-order valence-electron chi connectivity index (χ1n) is 14.1. The van der Waals surface area contributed by atoms with E-state index in [1.807, 2.05) is 91.9 Å². The predicted octanol–water partition coefficient (Wildman–Crippen LogP) is 5.59. The third-order valence-electron chi connectivity index (χ3n) is 7.77. The second kappa shape index (κ2) is 13.4. The molecule has 1 unspecified atom stereocenters. The minimum Gasteiger partial charge on any atom is -0.508 e. The number of nitrogens with two attached hydrogens (primary N) is 1. The molecule has 2 atom stereocenters. The van der Waals surface area contributed by atoms with Gasteiger partial charge >= 0.3 is 11.9 Å². The average molecular weight is 567 g/mol. The van der Waals surface area contributed by atoms with Crippen molar-refractivity contribution in [1.29, 1.82) is 0 Å². The number of phenolic OH excluding ortho intramolecular Hbond substituents is 1. The van der Waals surface area contributed by atoms with Gasteiger partial charge in [0.25, 0.3) is 0 Å². The molecule has 0 heterocycles. The molecule has 7 heteroatoms. The van der Waals surface area contributed by atoms with E-state index < -0.39 is 28.9 Å². The van der Waals surface area contributed by atoms with Crippen molar-refractivity contribution in [3.8, 4) is 5.75 Å². The number of nitrogens with one attached hydrogen (secondary N) is 1. The standard InChI is InChI=1S/C35H38N2O5/c1-4-34(36,33(40)41-3)35(26-13-8-6-9-14-26,27-15-10-7-11-16-27)28-17-12-18-29(24-28)37-31(32(39)42-5-2)23-25-19-21-30(38)22-20-25/h6-22,24,31,37-38H,4-5,23,36H2,1-3H3/t31-,34?/m0/s1. The lowest BCUT2D eigenvalue weighted by Crippen LogP contribution is -2.64. The van der Waals surface area contributed by atoms with Crippen LogP contribution >= 0.6 is 0 Å². The third-order valence-corrected chi connectivity index (χ3v) is 7.77. The van der Waals surface area contributed by atoms with Crippen LogP contribution in [-0.4, -0.2) is 42.3 Å². The van der Waals surface area contributed by atoms with Gasteiger partial charge in [-0.15, -0.1) is 0 Å². The highest BCUT2D eigenvalue weighted by molar-refractivity contribution is 5.87. The number of phenols is 1. The molecule has 0 aliphatic rings. The molecule has 7 nitrogen and oxygen atoms in total. The molecular formula is C35H38N2O5. The smallest absolute Gasteiger partial charge is 0.328 e. The average Bonchev–Trinajstić information content (AvgIpc) is 3.03. The lowest BCUT2D eigenvalue weighted by Gasteiger charge is -2.47. The zero-order valence-electron chi connectivity index (χ0n) is 24.2. The fraction of sp³-hybridized carbons (Fsp3) is 0.257. The van der Waals surface area contributed by atoms with E-state index in [2.05, 4.69) is 5.32 Å². The summed E-state index contributed by atoms with van der Waals surface area (Å²) >= 11 is 0. The van der Waals surface area contributed by atoms with E-state index >= 15 is 0 Å². The van der Waals surface area contributed by atoms with Crippen LogP contribution in [0.3, 0.4) is 0 Å². The lowest BCUT2D eigenvalue weighted by molar-refractivity contribution is -0.149. The van der Waals surface area contributed by atoms with Gasteiger partial charge in [0.05, 0.1) is 19.1 Å². The molecule has 218 valence electrons.